The molecule has 0 aromatic heterocycles. The van der Waals surface area contributed by atoms with E-state index in [-0.39, 0.29) is 30.9 Å². The fourth-order valence-corrected chi connectivity index (χ4v) is 3.39. The maximum absolute atomic E-state index is 12.5. The van der Waals surface area contributed by atoms with Crippen LogP contribution in [0.15, 0.2) is 30.3 Å². The molecule has 0 unspecified atom stereocenters. The lowest BCUT2D eigenvalue weighted by Gasteiger charge is -2.29. The largest absolute Gasteiger partial charge is 0.445 e. The molecule has 2 aliphatic rings. The van der Waals surface area contributed by atoms with Gasteiger partial charge in [-0.25, -0.2) is 4.79 Å². The molecule has 24 heavy (non-hydrogen) atoms. The molecule has 1 saturated heterocycles. The van der Waals surface area contributed by atoms with Crippen LogP contribution in [0.25, 0.3) is 0 Å². The summed E-state index contributed by atoms with van der Waals surface area (Å²) in [5.41, 5.74) is 0.866. The van der Waals surface area contributed by atoms with Crippen molar-refractivity contribution in [2.45, 2.75) is 57.2 Å². The lowest BCUT2D eigenvalue weighted by Crippen LogP contribution is -2.46. The molecule has 128 valence electrons. The maximum atomic E-state index is 12.5. The number of hydrogen-bond donors (Lipinski definition) is 1. The Morgan fingerprint density at radius 1 is 1.12 bits per heavy atom. The van der Waals surface area contributed by atoms with Gasteiger partial charge in [0.25, 0.3) is 5.91 Å². The Kier molecular flexibility index (Phi) is 5.13. The highest BCUT2D eigenvalue weighted by atomic mass is 16.5. The number of hydrogen-bond acceptors (Lipinski definition) is 4. The van der Waals surface area contributed by atoms with E-state index in [2.05, 4.69) is 5.32 Å². The van der Waals surface area contributed by atoms with E-state index in [1.165, 1.54) is 4.90 Å². The molecule has 0 spiro atoms. The molecule has 1 aliphatic carbocycles. The zero-order chi connectivity index (χ0) is 16.9. The van der Waals surface area contributed by atoms with E-state index >= 15 is 0 Å². The van der Waals surface area contributed by atoms with Gasteiger partial charge >= 0.3 is 6.09 Å². The van der Waals surface area contributed by atoms with Crippen LogP contribution >= 0.6 is 0 Å². The van der Waals surface area contributed by atoms with Crippen LogP contribution < -0.4 is 5.32 Å². The third kappa shape index (κ3) is 3.75. The van der Waals surface area contributed by atoms with Crippen molar-refractivity contribution >= 4 is 17.9 Å². The van der Waals surface area contributed by atoms with Gasteiger partial charge in [0, 0.05) is 6.04 Å². The van der Waals surface area contributed by atoms with Gasteiger partial charge in [0.15, 0.2) is 0 Å². The summed E-state index contributed by atoms with van der Waals surface area (Å²) in [6.07, 6.45) is 4.31. The second-order valence-corrected chi connectivity index (χ2v) is 6.36. The third-order valence-electron chi connectivity index (χ3n) is 4.63. The summed E-state index contributed by atoms with van der Waals surface area (Å²) >= 11 is 0. The van der Waals surface area contributed by atoms with Crippen molar-refractivity contribution in [2.75, 3.05) is 0 Å². The van der Waals surface area contributed by atoms with Crippen molar-refractivity contribution in [3.8, 4) is 0 Å². The minimum absolute atomic E-state index is 0.00844. The van der Waals surface area contributed by atoms with E-state index in [1.54, 1.807) is 0 Å². The van der Waals surface area contributed by atoms with Crippen molar-refractivity contribution in [2.24, 2.45) is 0 Å². The molecule has 1 aromatic carbocycles. The first-order valence-corrected chi connectivity index (χ1v) is 8.48. The summed E-state index contributed by atoms with van der Waals surface area (Å²) in [4.78, 5) is 37.9. The number of benzene rings is 1. The highest BCUT2D eigenvalue weighted by Gasteiger charge is 2.43. The molecule has 3 amide bonds. The van der Waals surface area contributed by atoms with Crippen molar-refractivity contribution < 1.29 is 19.1 Å². The number of carbonyl (C=O) groups is 3. The van der Waals surface area contributed by atoms with Crippen LogP contribution in [0.3, 0.4) is 0 Å². The second kappa shape index (κ2) is 7.47. The first kappa shape index (κ1) is 16.5. The molecule has 1 aliphatic heterocycles. The molecule has 1 aromatic rings. The normalized spacial score (nSPS) is 21.8. The molecule has 3 rings (SSSR count). The zero-order valence-corrected chi connectivity index (χ0v) is 13.6. The van der Waals surface area contributed by atoms with Gasteiger partial charge in [-0.3, -0.25) is 14.5 Å². The highest BCUT2D eigenvalue weighted by Crippen LogP contribution is 2.27. The van der Waals surface area contributed by atoms with Crippen LogP contribution in [0.5, 0.6) is 0 Å². The lowest BCUT2D eigenvalue weighted by molar-refractivity contribution is -0.142. The van der Waals surface area contributed by atoms with Crippen LogP contribution in [0.2, 0.25) is 0 Å². The molecule has 6 heteroatoms. The van der Waals surface area contributed by atoms with Gasteiger partial charge in [0.2, 0.25) is 5.91 Å². The Bertz CT molecular complexity index is 611. The number of likely N-dealkylation sites (tertiary alicyclic amines) is 1. The molecular weight excluding hydrogens is 308 g/mol. The molecule has 1 saturated carbocycles. The third-order valence-corrected chi connectivity index (χ3v) is 4.63. The average Bonchev–Trinajstić information content (AvgIpc) is 2.88. The molecule has 0 bridgehead atoms. The Balaban J connectivity index is 1.52. The number of imide groups is 1. The van der Waals surface area contributed by atoms with E-state index < -0.39 is 12.1 Å². The van der Waals surface area contributed by atoms with Crippen LogP contribution in [0.1, 0.15) is 44.1 Å². The number of nitrogens with one attached hydrogen (secondary N) is 1. The van der Waals surface area contributed by atoms with E-state index in [9.17, 15) is 14.4 Å². The fraction of sp³-hybridized carbons (Fsp3) is 0.500. The van der Waals surface area contributed by atoms with Gasteiger partial charge in [0.05, 0.1) is 6.42 Å². The first-order chi connectivity index (χ1) is 11.6. The Morgan fingerprint density at radius 3 is 2.54 bits per heavy atom. The monoisotopic (exact) mass is 330 g/mol. The standard InChI is InChI=1S/C18H22N2O4/c21-16-11-15(17(22)20(16)14-9-5-2-6-10-14)19-18(23)24-12-13-7-3-1-4-8-13/h1,3-4,7-8,14-15H,2,5-6,9-12H2,(H,19,23)/t15-/m0/s1. The van der Waals surface area contributed by atoms with Gasteiger partial charge < -0.3 is 10.1 Å². The summed E-state index contributed by atoms with van der Waals surface area (Å²) < 4.78 is 5.12. The van der Waals surface area contributed by atoms with Gasteiger partial charge in [-0.1, -0.05) is 49.6 Å². The van der Waals surface area contributed by atoms with Crippen molar-refractivity contribution in [3.05, 3.63) is 35.9 Å². The molecule has 1 atom stereocenters. The molecular formula is C18H22N2O4. The summed E-state index contributed by atoms with van der Waals surface area (Å²) in [5, 5.41) is 2.53. The zero-order valence-electron chi connectivity index (χ0n) is 13.6. The smallest absolute Gasteiger partial charge is 0.408 e. The topological polar surface area (TPSA) is 75.7 Å². The van der Waals surface area contributed by atoms with E-state index in [1.807, 2.05) is 30.3 Å². The number of nitrogens with zero attached hydrogens (tertiary/aromatic N) is 1. The molecule has 2 fully saturated rings. The summed E-state index contributed by atoms with van der Waals surface area (Å²) in [7, 11) is 0. The predicted octanol–water partition coefficient (Wildman–Crippen LogP) is 2.37. The molecule has 0 radical (unpaired) electrons. The molecule has 1 heterocycles. The van der Waals surface area contributed by atoms with Crippen LogP contribution in [0.4, 0.5) is 4.79 Å². The minimum Gasteiger partial charge on any atom is -0.445 e. The Morgan fingerprint density at radius 2 is 1.83 bits per heavy atom. The van der Waals surface area contributed by atoms with Gasteiger partial charge in [0.1, 0.15) is 12.6 Å². The van der Waals surface area contributed by atoms with Crippen molar-refractivity contribution in [1.29, 1.82) is 0 Å². The summed E-state index contributed by atoms with van der Waals surface area (Å²) in [6.45, 7) is 0.133. The molecule has 6 nitrogen and oxygen atoms in total. The van der Waals surface area contributed by atoms with E-state index in [0.29, 0.717) is 0 Å². The maximum Gasteiger partial charge on any atom is 0.408 e. The average molecular weight is 330 g/mol. The summed E-state index contributed by atoms with van der Waals surface area (Å²) in [6, 6.07) is 8.49. The van der Waals surface area contributed by atoms with Gasteiger partial charge in [-0.15, -0.1) is 0 Å². The SMILES string of the molecule is O=C(N[C@H]1CC(=O)N(C2CCCCC2)C1=O)OCc1ccccc1. The Labute approximate surface area is 141 Å². The van der Waals surface area contributed by atoms with Crippen molar-refractivity contribution in [3.63, 3.8) is 0 Å². The molecule has 1 N–H and O–H groups in total. The van der Waals surface area contributed by atoms with E-state index in [4.69, 9.17) is 4.74 Å². The van der Waals surface area contributed by atoms with Crippen LogP contribution in [-0.4, -0.2) is 34.9 Å². The number of amides is 3. The second-order valence-electron chi connectivity index (χ2n) is 6.36. The van der Waals surface area contributed by atoms with Crippen LogP contribution in [-0.2, 0) is 20.9 Å². The number of rotatable bonds is 4. The van der Waals surface area contributed by atoms with Gasteiger partial charge in [-0.05, 0) is 18.4 Å². The summed E-state index contributed by atoms with van der Waals surface area (Å²) in [5.74, 6) is -0.496. The Hall–Kier alpha value is -2.37. The predicted molar refractivity (Wildman–Crippen MR) is 86.9 cm³/mol. The van der Waals surface area contributed by atoms with Gasteiger partial charge in [-0.2, -0.15) is 0 Å². The highest BCUT2D eigenvalue weighted by molar-refractivity contribution is 6.06. The number of carbonyl (C=O) groups excluding carboxylic acids is 3. The fourth-order valence-electron chi connectivity index (χ4n) is 3.39. The first-order valence-electron chi connectivity index (χ1n) is 8.48. The quantitative estimate of drug-likeness (QED) is 0.860. The van der Waals surface area contributed by atoms with E-state index in [0.717, 1.165) is 37.7 Å². The van der Waals surface area contributed by atoms with Crippen molar-refractivity contribution in [1.82, 2.24) is 10.2 Å². The number of alkyl carbamates (subject to hydrolysis) is 1. The lowest BCUT2D eigenvalue weighted by atomic mass is 9.94. The number of ether oxygens (including phenoxy) is 1. The minimum atomic E-state index is -0.803. The van der Waals surface area contributed by atoms with Crippen LogP contribution in [0, 0.1) is 0 Å².